The second-order valence-electron chi connectivity index (χ2n) is 4.50. The first kappa shape index (κ1) is 12.5. The Balaban J connectivity index is 1.94. The Morgan fingerprint density at radius 2 is 1.79 bits per heavy atom. The highest BCUT2D eigenvalue weighted by atomic mass is 35.5. The highest BCUT2D eigenvalue weighted by Crippen LogP contribution is 2.26. The zero-order chi connectivity index (χ0) is 13.2. The Morgan fingerprint density at radius 3 is 2.58 bits per heavy atom. The molecule has 0 amide bonds. The second kappa shape index (κ2) is 5.19. The van der Waals surface area contributed by atoms with Crippen LogP contribution in [-0.4, -0.2) is 11.5 Å². The number of para-hydroxylation sites is 1. The Labute approximate surface area is 122 Å². The Hall–Kier alpha value is -1.58. The Kier molecular flexibility index (Phi) is 3.40. The van der Waals surface area contributed by atoms with E-state index in [1.165, 1.54) is 5.56 Å². The van der Waals surface area contributed by atoms with E-state index in [2.05, 4.69) is 16.7 Å². The lowest BCUT2D eigenvalue weighted by molar-refractivity contribution is 0.747. The summed E-state index contributed by atoms with van der Waals surface area (Å²) in [6.07, 6.45) is 0. The highest BCUT2D eigenvalue weighted by molar-refractivity contribution is 7.80. The van der Waals surface area contributed by atoms with Gasteiger partial charge in [-0.15, -0.1) is 0 Å². The fourth-order valence-corrected chi connectivity index (χ4v) is 2.62. The van der Waals surface area contributed by atoms with Gasteiger partial charge in [-0.3, -0.25) is 0 Å². The maximum Gasteiger partial charge on any atom is 0.108 e. The van der Waals surface area contributed by atoms with Gasteiger partial charge in [0.2, 0.25) is 0 Å². The van der Waals surface area contributed by atoms with Crippen LogP contribution >= 0.6 is 23.8 Å². The van der Waals surface area contributed by atoms with Crippen LogP contribution in [0.3, 0.4) is 0 Å². The molecule has 1 aliphatic heterocycles. The lowest BCUT2D eigenvalue weighted by atomic mass is 10.1. The molecule has 96 valence electrons. The zero-order valence-corrected chi connectivity index (χ0v) is 11.8. The van der Waals surface area contributed by atoms with Crippen molar-refractivity contribution < 1.29 is 0 Å². The number of fused-ring (bicyclic) bond motifs is 1. The average Bonchev–Trinajstić information content (AvgIpc) is 2.60. The molecule has 0 radical (unpaired) electrons. The van der Waals surface area contributed by atoms with Gasteiger partial charge in [-0.2, -0.15) is 0 Å². The summed E-state index contributed by atoms with van der Waals surface area (Å²) < 4.78 is 0. The Morgan fingerprint density at radius 1 is 1.05 bits per heavy atom. The molecule has 0 aromatic heterocycles. The third-order valence-electron chi connectivity index (χ3n) is 3.24. The van der Waals surface area contributed by atoms with Crippen molar-refractivity contribution >= 4 is 34.5 Å². The molecule has 2 N–H and O–H groups in total. The molecule has 1 atom stereocenters. The standard InChI is InChI=1S/C15H13ClN2S/c16-11-7-5-10(6-8-11)14-9-17-15(19)12-3-1-2-4-13(12)18-14/h1-8,14,18H,9H2,(H,17,19). The summed E-state index contributed by atoms with van der Waals surface area (Å²) in [5, 5.41) is 7.58. The van der Waals surface area contributed by atoms with Gasteiger partial charge in [0, 0.05) is 22.8 Å². The van der Waals surface area contributed by atoms with Crippen LogP contribution in [0.4, 0.5) is 5.69 Å². The van der Waals surface area contributed by atoms with E-state index >= 15 is 0 Å². The van der Waals surface area contributed by atoms with Gasteiger partial charge in [0.05, 0.1) is 6.04 Å². The number of nitrogens with one attached hydrogen (secondary N) is 2. The van der Waals surface area contributed by atoms with Crippen LogP contribution in [0.25, 0.3) is 0 Å². The molecule has 0 bridgehead atoms. The van der Waals surface area contributed by atoms with Gasteiger partial charge < -0.3 is 10.6 Å². The monoisotopic (exact) mass is 288 g/mol. The molecule has 2 nitrogen and oxygen atoms in total. The summed E-state index contributed by atoms with van der Waals surface area (Å²) in [7, 11) is 0. The number of thiocarbonyl (C=S) groups is 1. The van der Waals surface area contributed by atoms with Crippen molar-refractivity contribution in [2.45, 2.75) is 6.04 Å². The molecule has 0 saturated carbocycles. The quantitative estimate of drug-likeness (QED) is 0.781. The number of hydrogen-bond donors (Lipinski definition) is 2. The van der Waals surface area contributed by atoms with E-state index in [1.807, 2.05) is 42.5 Å². The third-order valence-corrected chi connectivity index (χ3v) is 3.86. The summed E-state index contributed by atoms with van der Waals surface area (Å²) in [6, 6.07) is 16.2. The van der Waals surface area contributed by atoms with E-state index < -0.39 is 0 Å². The lowest BCUT2D eigenvalue weighted by Gasteiger charge is -2.18. The molecule has 0 fully saturated rings. The largest absolute Gasteiger partial charge is 0.376 e. The van der Waals surface area contributed by atoms with Crippen LogP contribution in [-0.2, 0) is 0 Å². The van der Waals surface area contributed by atoms with E-state index in [-0.39, 0.29) is 6.04 Å². The minimum Gasteiger partial charge on any atom is -0.376 e. The van der Waals surface area contributed by atoms with Gasteiger partial charge in [-0.05, 0) is 29.8 Å². The van der Waals surface area contributed by atoms with Gasteiger partial charge in [-0.1, -0.05) is 48.1 Å². The third kappa shape index (κ3) is 2.57. The molecule has 2 aromatic carbocycles. The zero-order valence-electron chi connectivity index (χ0n) is 10.2. The van der Waals surface area contributed by atoms with Crippen molar-refractivity contribution in [3.05, 3.63) is 64.7 Å². The summed E-state index contributed by atoms with van der Waals surface area (Å²) in [5.41, 5.74) is 3.31. The lowest BCUT2D eigenvalue weighted by Crippen LogP contribution is -2.26. The molecular weight excluding hydrogens is 276 g/mol. The SMILES string of the molecule is S=C1NCC(c2ccc(Cl)cc2)Nc2ccccc21. The molecule has 0 saturated heterocycles. The number of benzene rings is 2. The van der Waals surface area contributed by atoms with Crippen molar-refractivity contribution in [2.75, 3.05) is 11.9 Å². The number of hydrogen-bond acceptors (Lipinski definition) is 2. The predicted molar refractivity (Wildman–Crippen MR) is 84.0 cm³/mol. The first-order valence-electron chi connectivity index (χ1n) is 6.13. The fourth-order valence-electron chi connectivity index (χ4n) is 2.23. The van der Waals surface area contributed by atoms with Crippen LogP contribution < -0.4 is 10.6 Å². The molecule has 3 rings (SSSR count). The summed E-state index contributed by atoms with van der Waals surface area (Å²) in [4.78, 5) is 0.791. The number of halogens is 1. The molecule has 4 heteroatoms. The second-order valence-corrected chi connectivity index (χ2v) is 5.35. The first-order chi connectivity index (χ1) is 9.24. The summed E-state index contributed by atoms with van der Waals surface area (Å²) >= 11 is 11.3. The van der Waals surface area contributed by atoms with Gasteiger partial charge in [0.15, 0.2) is 0 Å². The van der Waals surface area contributed by atoms with E-state index in [4.69, 9.17) is 23.8 Å². The van der Waals surface area contributed by atoms with Gasteiger partial charge >= 0.3 is 0 Å². The van der Waals surface area contributed by atoms with E-state index in [0.717, 1.165) is 27.8 Å². The van der Waals surface area contributed by atoms with Crippen molar-refractivity contribution in [2.24, 2.45) is 0 Å². The van der Waals surface area contributed by atoms with Gasteiger partial charge in [0.25, 0.3) is 0 Å². The van der Waals surface area contributed by atoms with Crippen LogP contribution in [0.5, 0.6) is 0 Å². The summed E-state index contributed by atoms with van der Waals surface area (Å²) in [6.45, 7) is 0.759. The highest BCUT2D eigenvalue weighted by Gasteiger charge is 2.19. The average molecular weight is 289 g/mol. The number of rotatable bonds is 1. The van der Waals surface area contributed by atoms with Crippen LogP contribution in [0, 0.1) is 0 Å². The minimum atomic E-state index is 0.180. The maximum absolute atomic E-state index is 5.93. The molecule has 2 aromatic rings. The van der Waals surface area contributed by atoms with Crippen molar-refractivity contribution in [1.29, 1.82) is 0 Å². The van der Waals surface area contributed by atoms with E-state index in [0.29, 0.717) is 0 Å². The topological polar surface area (TPSA) is 24.1 Å². The fraction of sp³-hybridized carbons (Fsp3) is 0.133. The smallest absolute Gasteiger partial charge is 0.108 e. The van der Waals surface area contributed by atoms with E-state index in [9.17, 15) is 0 Å². The molecule has 1 heterocycles. The number of anilines is 1. The van der Waals surface area contributed by atoms with E-state index in [1.54, 1.807) is 0 Å². The normalized spacial score (nSPS) is 17.9. The van der Waals surface area contributed by atoms with Crippen LogP contribution in [0.15, 0.2) is 48.5 Å². The molecule has 0 aliphatic carbocycles. The molecular formula is C15H13ClN2S. The van der Waals surface area contributed by atoms with Crippen LogP contribution in [0.1, 0.15) is 17.2 Å². The molecule has 1 unspecified atom stereocenters. The van der Waals surface area contributed by atoms with Gasteiger partial charge in [-0.25, -0.2) is 0 Å². The summed E-state index contributed by atoms with van der Waals surface area (Å²) in [5.74, 6) is 0. The van der Waals surface area contributed by atoms with Crippen molar-refractivity contribution in [3.63, 3.8) is 0 Å². The predicted octanol–water partition coefficient (Wildman–Crippen LogP) is 3.77. The molecule has 1 aliphatic rings. The van der Waals surface area contributed by atoms with Crippen molar-refractivity contribution in [3.8, 4) is 0 Å². The minimum absolute atomic E-state index is 0.180. The Bertz CT molecular complexity index is 610. The maximum atomic E-state index is 5.93. The molecule has 0 spiro atoms. The first-order valence-corrected chi connectivity index (χ1v) is 6.92. The van der Waals surface area contributed by atoms with Crippen molar-refractivity contribution in [1.82, 2.24) is 5.32 Å². The van der Waals surface area contributed by atoms with Crippen LogP contribution in [0.2, 0.25) is 5.02 Å². The van der Waals surface area contributed by atoms with Gasteiger partial charge in [0.1, 0.15) is 4.99 Å². The molecule has 19 heavy (non-hydrogen) atoms.